The van der Waals surface area contributed by atoms with Gasteiger partial charge in [-0.1, -0.05) is 37.5 Å². The quantitative estimate of drug-likeness (QED) is 0.546. The third-order valence-corrected chi connectivity index (χ3v) is 5.44. The molecule has 3 rings (SSSR count). The van der Waals surface area contributed by atoms with E-state index in [0.29, 0.717) is 54.0 Å². The fraction of sp³-hybridized carbons (Fsp3) is 0.440. The third-order valence-electron chi connectivity index (χ3n) is 5.44. The molecule has 0 spiro atoms. The maximum absolute atomic E-state index is 12.7. The molecule has 6 nitrogen and oxygen atoms in total. The molecule has 1 aliphatic rings. The molecule has 2 aromatic carbocycles. The Bertz CT molecular complexity index is 877. The van der Waals surface area contributed by atoms with Gasteiger partial charge in [0.15, 0.2) is 0 Å². The smallest absolute Gasteiger partial charge is 0.255 e. The summed E-state index contributed by atoms with van der Waals surface area (Å²) in [6.45, 7) is 4.62. The minimum Gasteiger partial charge on any atom is -0.492 e. The van der Waals surface area contributed by atoms with Crippen LogP contribution in [0.25, 0.3) is 0 Å². The van der Waals surface area contributed by atoms with Crippen LogP contribution in [0, 0.1) is 5.92 Å². The number of carbonyl (C=O) groups excluding carboxylic acids is 2. The molecule has 6 heteroatoms. The van der Waals surface area contributed by atoms with Crippen molar-refractivity contribution in [2.45, 2.75) is 52.4 Å². The second-order valence-corrected chi connectivity index (χ2v) is 7.79. The fourth-order valence-corrected chi connectivity index (χ4v) is 3.94. The van der Waals surface area contributed by atoms with Crippen LogP contribution in [0.15, 0.2) is 42.5 Å². The van der Waals surface area contributed by atoms with Gasteiger partial charge in [-0.15, -0.1) is 0 Å². The maximum Gasteiger partial charge on any atom is 0.255 e. The monoisotopic (exact) mass is 424 g/mol. The molecule has 0 heterocycles. The van der Waals surface area contributed by atoms with Crippen molar-refractivity contribution in [2.24, 2.45) is 5.92 Å². The van der Waals surface area contributed by atoms with E-state index in [1.54, 1.807) is 24.3 Å². The van der Waals surface area contributed by atoms with Crippen LogP contribution >= 0.6 is 0 Å². The van der Waals surface area contributed by atoms with E-state index in [0.717, 1.165) is 12.8 Å². The summed E-state index contributed by atoms with van der Waals surface area (Å²) in [7, 11) is 0. The standard InChI is InChI=1S/C25H32N2O4/c1-3-30-22-17-21(27-25(29)19-13-9-6-10-14-19)23(31-4-2)16-20(22)26-24(28)15-18-11-7-5-8-12-18/h6,9-10,13-14,16-18H,3-5,7-8,11-12,15H2,1-2H3,(H,26,28)(H,27,29). The molecule has 1 aliphatic carbocycles. The van der Waals surface area contributed by atoms with Crippen LogP contribution in [-0.2, 0) is 4.79 Å². The van der Waals surface area contributed by atoms with E-state index in [2.05, 4.69) is 10.6 Å². The van der Waals surface area contributed by atoms with Gasteiger partial charge in [0, 0.05) is 24.1 Å². The lowest BCUT2D eigenvalue weighted by molar-refractivity contribution is -0.117. The van der Waals surface area contributed by atoms with Gasteiger partial charge in [-0.05, 0) is 44.7 Å². The lowest BCUT2D eigenvalue weighted by Crippen LogP contribution is -2.19. The molecule has 0 atom stereocenters. The molecular formula is C25H32N2O4. The first kappa shape index (κ1) is 22.7. The number of carbonyl (C=O) groups is 2. The normalized spacial score (nSPS) is 14.0. The van der Waals surface area contributed by atoms with E-state index in [1.807, 2.05) is 32.0 Å². The Balaban J connectivity index is 1.81. The van der Waals surface area contributed by atoms with Gasteiger partial charge in [-0.25, -0.2) is 0 Å². The van der Waals surface area contributed by atoms with Crippen molar-refractivity contribution in [1.29, 1.82) is 0 Å². The Labute approximate surface area is 184 Å². The Hall–Kier alpha value is -3.02. The Kier molecular flexibility index (Phi) is 8.33. The van der Waals surface area contributed by atoms with Crippen molar-refractivity contribution >= 4 is 23.2 Å². The van der Waals surface area contributed by atoms with Crippen molar-refractivity contribution in [2.75, 3.05) is 23.8 Å². The van der Waals surface area contributed by atoms with Crippen LogP contribution in [-0.4, -0.2) is 25.0 Å². The summed E-state index contributed by atoms with van der Waals surface area (Å²) in [5.74, 6) is 1.18. The van der Waals surface area contributed by atoms with E-state index in [-0.39, 0.29) is 11.8 Å². The van der Waals surface area contributed by atoms with Gasteiger partial charge in [0.05, 0.1) is 24.6 Å². The van der Waals surface area contributed by atoms with E-state index in [4.69, 9.17) is 9.47 Å². The molecule has 2 aromatic rings. The van der Waals surface area contributed by atoms with Crippen LogP contribution in [0.4, 0.5) is 11.4 Å². The SMILES string of the molecule is CCOc1cc(NC(=O)c2ccccc2)c(OCC)cc1NC(=O)CC1CCCCC1. The van der Waals surface area contributed by atoms with E-state index < -0.39 is 0 Å². The van der Waals surface area contributed by atoms with E-state index in [1.165, 1.54) is 19.3 Å². The predicted molar refractivity (Wildman–Crippen MR) is 123 cm³/mol. The number of benzene rings is 2. The van der Waals surface area contributed by atoms with E-state index >= 15 is 0 Å². The molecule has 1 saturated carbocycles. The van der Waals surface area contributed by atoms with Crippen molar-refractivity contribution in [1.82, 2.24) is 0 Å². The summed E-state index contributed by atoms with van der Waals surface area (Å²) in [5, 5.41) is 5.90. The number of hydrogen-bond acceptors (Lipinski definition) is 4. The lowest BCUT2D eigenvalue weighted by Gasteiger charge is -2.22. The number of amides is 2. The van der Waals surface area contributed by atoms with Crippen molar-refractivity contribution in [3.05, 3.63) is 48.0 Å². The van der Waals surface area contributed by atoms with Gasteiger partial charge in [0.1, 0.15) is 11.5 Å². The first-order chi connectivity index (χ1) is 15.1. The topological polar surface area (TPSA) is 76.7 Å². The van der Waals surface area contributed by atoms with Crippen LogP contribution in [0.2, 0.25) is 0 Å². The zero-order valence-electron chi connectivity index (χ0n) is 18.4. The summed E-state index contributed by atoms with van der Waals surface area (Å²) < 4.78 is 11.5. The summed E-state index contributed by atoms with van der Waals surface area (Å²) in [5.41, 5.74) is 1.61. The molecular weight excluding hydrogens is 392 g/mol. The Morgan fingerprint density at radius 2 is 1.45 bits per heavy atom. The molecule has 0 bridgehead atoms. The van der Waals surface area contributed by atoms with Crippen LogP contribution < -0.4 is 20.1 Å². The summed E-state index contributed by atoms with van der Waals surface area (Å²) in [6.07, 6.45) is 6.40. The number of nitrogens with one attached hydrogen (secondary N) is 2. The fourth-order valence-electron chi connectivity index (χ4n) is 3.94. The van der Waals surface area contributed by atoms with Gasteiger partial charge >= 0.3 is 0 Å². The third kappa shape index (κ3) is 6.48. The zero-order valence-corrected chi connectivity index (χ0v) is 18.4. The summed E-state index contributed by atoms with van der Waals surface area (Å²) >= 11 is 0. The molecule has 0 aliphatic heterocycles. The summed E-state index contributed by atoms with van der Waals surface area (Å²) in [4.78, 5) is 25.3. The number of hydrogen-bond donors (Lipinski definition) is 2. The van der Waals surface area contributed by atoms with E-state index in [9.17, 15) is 9.59 Å². The van der Waals surface area contributed by atoms with Crippen molar-refractivity contribution in [3.63, 3.8) is 0 Å². The molecule has 166 valence electrons. The average Bonchev–Trinajstić information content (AvgIpc) is 2.78. The average molecular weight is 425 g/mol. The Morgan fingerprint density at radius 3 is 2.03 bits per heavy atom. The molecule has 0 saturated heterocycles. The highest BCUT2D eigenvalue weighted by Gasteiger charge is 2.20. The van der Waals surface area contributed by atoms with Gasteiger partial charge in [0.2, 0.25) is 5.91 Å². The van der Waals surface area contributed by atoms with Gasteiger partial charge < -0.3 is 20.1 Å². The maximum atomic E-state index is 12.7. The number of rotatable bonds is 9. The highest BCUT2D eigenvalue weighted by molar-refractivity contribution is 6.05. The number of anilines is 2. The first-order valence-corrected chi connectivity index (χ1v) is 11.2. The second-order valence-electron chi connectivity index (χ2n) is 7.79. The molecule has 0 radical (unpaired) electrons. The number of ether oxygens (including phenoxy) is 2. The highest BCUT2D eigenvalue weighted by atomic mass is 16.5. The molecule has 0 unspecified atom stereocenters. The van der Waals surface area contributed by atoms with Crippen LogP contribution in [0.5, 0.6) is 11.5 Å². The zero-order chi connectivity index (χ0) is 22.1. The minimum absolute atomic E-state index is 0.0172. The largest absolute Gasteiger partial charge is 0.492 e. The molecule has 0 aromatic heterocycles. The van der Waals surface area contributed by atoms with Crippen LogP contribution in [0.1, 0.15) is 62.7 Å². The molecule has 2 N–H and O–H groups in total. The van der Waals surface area contributed by atoms with Crippen LogP contribution in [0.3, 0.4) is 0 Å². The minimum atomic E-state index is -0.238. The predicted octanol–water partition coefficient (Wildman–Crippen LogP) is 5.65. The second kappa shape index (κ2) is 11.4. The van der Waals surface area contributed by atoms with Gasteiger partial charge in [0.25, 0.3) is 5.91 Å². The van der Waals surface area contributed by atoms with Crippen molar-refractivity contribution in [3.8, 4) is 11.5 Å². The van der Waals surface area contributed by atoms with Gasteiger partial charge in [-0.2, -0.15) is 0 Å². The molecule has 2 amide bonds. The Morgan fingerprint density at radius 1 is 0.871 bits per heavy atom. The first-order valence-electron chi connectivity index (χ1n) is 11.2. The van der Waals surface area contributed by atoms with Crippen molar-refractivity contribution < 1.29 is 19.1 Å². The highest BCUT2D eigenvalue weighted by Crippen LogP contribution is 2.37. The lowest BCUT2D eigenvalue weighted by atomic mass is 9.87. The molecule has 1 fully saturated rings. The molecule has 31 heavy (non-hydrogen) atoms. The summed E-state index contributed by atoms with van der Waals surface area (Å²) in [6, 6.07) is 12.4. The van der Waals surface area contributed by atoms with Gasteiger partial charge in [-0.3, -0.25) is 9.59 Å².